The second-order valence-electron chi connectivity index (χ2n) is 5.98. The van der Waals surface area contributed by atoms with Crippen LogP contribution in [0, 0.1) is 5.82 Å². The fourth-order valence-electron chi connectivity index (χ4n) is 2.68. The Labute approximate surface area is 178 Å². The van der Waals surface area contributed by atoms with Crippen LogP contribution in [-0.2, 0) is 9.84 Å². The molecule has 150 valence electrons. The van der Waals surface area contributed by atoms with E-state index < -0.39 is 9.84 Å². The number of aromatic nitrogens is 1. The lowest BCUT2D eigenvalue weighted by molar-refractivity contribution is 0.602. The van der Waals surface area contributed by atoms with Gasteiger partial charge < -0.3 is 0 Å². The number of rotatable bonds is 4. The third-order valence-corrected chi connectivity index (χ3v) is 7.29. The van der Waals surface area contributed by atoms with Crippen molar-refractivity contribution < 1.29 is 12.8 Å². The van der Waals surface area contributed by atoms with E-state index in [1.165, 1.54) is 29.7 Å². The Kier molecular flexibility index (Phi) is 6.62. The van der Waals surface area contributed by atoms with E-state index in [0.717, 1.165) is 31.6 Å². The summed E-state index contributed by atoms with van der Waals surface area (Å²) in [6.45, 7) is 4.00. The molecule has 2 heterocycles. The van der Waals surface area contributed by atoms with Crippen LogP contribution in [0.1, 0.15) is 13.8 Å². The number of thiazole rings is 1. The summed E-state index contributed by atoms with van der Waals surface area (Å²) >= 11 is 3.14. The lowest BCUT2D eigenvalue weighted by Crippen LogP contribution is -1.96. The first-order valence-corrected chi connectivity index (χ1v) is 12.6. The van der Waals surface area contributed by atoms with Gasteiger partial charge in [-0.1, -0.05) is 32.0 Å². The molecule has 0 unspecified atom stereocenters. The molecule has 4 aromatic rings. The molecular weight excluding hydrogens is 425 g/mol. The van der Waals surface area contributed by atoms with Crippen LogP contribution in [0.25, 0.3) is 31.6 Å². The predicted molar refractivity (Wildman–Crippen MR) is 121 cm³/mol. The minimum atomic E-state index is -3.25. The Morgan fingerprint density at radius 3 is 2.07 bits per heavy atom. The highest BCUT2D eigenvalue weighted by Gasteiger charge is 2.17. The van der Waals surface area contributed by atoms with E-state index in [2.05, 4.69) is 0 Å². The molecule has 0 radical (unpaired) electrons. The molecule has 0 bridgehead atoms. The molecule has 4 rings (SSSR count). The van der Waals surface area contributed by atoms with E-state index in [0.29, 0.717) is 0 Å². The highest BCUT2D eigenvalue weighted by atomic mass is 32.2. The molecule has 0 fully saturated rings. The Balaban J connectivity index is 0.00000117. The molecule has 2 aromatic heterocycles. The Bertz CT molecular complexity index is 1180. The standard InChI is InChI=1S/C20H14FNO2S3.C2H6/c1-27(23,24)16-10-6-14(7-11-16)19-18(13-4-8-15(21)9-5-13)22-20(26-19)17-3-2-12-25-17;1-2/h2-12H,1H3;1-2H3. The van der Waals surface area contributed by atoms with Gasteiger partial charge in [0, 0.05) is 11.8 Å². The van der Waals surface area contributed by atoms with Gasteiger partial charge in [0.15, 0.2) is 9.84 Å². The van der Waals surface area contributed by atoms with Crippen LogP contribution in [0.15, 0.2) is 70.9 Å². The maximum absolute atomic E-state index is 13.3. The van der Waals surface area contributed by atoms with Crippen molar-refractivity contribution in [3.63, 3.8) is 0 Å². The number of hydrogen-bond donors (Lipinski definition) is 0. The molecule has 0 saturated carbocycles. The first-order chi connectivity index (χ1) is 13.9. The number of nitrogens with zero attached hydrogens (tertiary/aromatic N) is 1. The van der Waals surface area contributed by atoms with Crippen molar-refractivity contribution in [1.29, 1.82) is 0 Å². The van der Waals surface area contributed by atoms with Crippen molar-refractivity contribution in [3.8, 4) is 31.6 Å². The third kappa shape index (κ3) is 4.80. The summed E-state index contributed by atoms with van der Waals surface area (Å²) in [6.07, 6.45) is 1.19. The third-order valence-electron chi connectivity index (χ3n) is 4.02. The van der Waals surface area contributed by atoms with E-state index in [4.69, 9.17) is 4.98 Å². The molecule has 0 atom stereocenters. The summed E-state index contributed by atoms with van der Waals surface area (Å²) in [4.78, 5) is 7.04. The van der Waals surface area contributed by atoms with Gasteiger partial charge in [-0.15, -0.1) is 22.7 Å². The SMILES string of the molecule is CC.CS(=O)(=O)c1ccc(-c2sc(-c3cccs3)nc2-c2ccc(F)cc2)cc1. The van der Waals surface area contributed by atoms with Crippen LogP contribution in [0.2, 0.25) is 0 Å². The predicted octanol–water partition coefficient (Wildman–Crippen LogP) is 6.77. The summed E-state index contributed by atoms with van der Waals surface area (Å²) in [5.41, 5.74) is 2.45. The van der Waals surface area contributed by atoms with Crippen LogP contribution in [0.3, 0.4) is 0 Å². The Morgan fingerprint density at radius 2 is 1.52 bits per heavy atom. The molecule has 0 N–H and O–H groups in total. The summed E-state index contributed by atoms with van der Waals surface area (Å²) in [5.74, 6) is -0.300. The smallest absolute Gasteiger partial charge is 0.175 e. The normalized spacial score (nSPS) is 11.0. The number of benzene rings is 2. The van der Waals surface area contributed by atoms with Gasteiger partial charge in [0.05, 0.1) is 20.3 Å². The molecule has 0 aliphatic carbocycles. The molecule has 0 amide bonds. The molecular formula is C22H20FNO2S3. The molecule has 7 heteroatoms. The van der Waals surface area contributed by atoms with Gasteiger partial charge in [0.1, 0.15) is 10.8 Å². The van der Waals surface area contributed by atoms with Crippen molar-refractivity contribution in [2.24, 2.45) is 0 Å². The first kappa shape index (κ1) is 21.4. The van der Waals surface area contributed by atoms with Crippen molar-refractivity contribution in [2.75, 3.05) is 6.26 Å². The molecule has 0 spiro atoms. The minimum Gasteiger partial charge on any atom is -0.235 e. The molecule has 2 aromatic carbocycles. The van der Waals surface area contributed by atoms with Gasteiger partial charge >= 0.3 is 0 Å². The van der Waals surface area contributed by atoms with E-state index in [1.807, 2.05) is 31.4 Å². The van der Waals surface area contributed by atoms with Crippen LogP contribution >= 0.6 is 22.7 Å². The van der Waals surface area contributed by atoms with Crippen LogP contribution in [0.5, 0.6) is 0 Å². The zero-order valence-electron chi connectivity index (χ0n) is 16.2. The number of thiophene rings is 1. The van der Waals surface area contributed by atoms with Gasteiger partial charge in [-0.2, -0.15) is 0 Å². The van der Waals surface area contributed by atoms with Crippen molar-refractivity contribution in [3.05, 3.63) is 71.9 Å². The van der Waals surface area contributed by atoms with Gasteiger partial charge in [0.25, 0.3) is 0 Å². The largest absolute Gasteiger partial charge is 0.235 e. The second kappa shape index (κ2) is 8.98. The molecule has 0 aliphatic heterocycles. The molecule has 0 saturated heterocycles. The molecule has 0 aliphatic rings. The van der Waals surface area contributed by atoms with Crippen LogP contribution < -0.4 is 0 Å². The fourth-order valence-corrected chi connectivity index (χ4v) is 5.20. The van der Waals surface area contributed by atoms with E-state index in [1.54, 1.807) is 47.7 Å². The highest BCUT2D eigenvalue weighted by Crippen LogP contribution is 2.41. The number of hydrogen-bond acceptors (Lipinski definition) is 5. The zero-order chi connectivity index (χ0) is 21.0. The monoisotopic (exact) mass is 445 g/mol. The van der Waals surface area contributed by atoms with Crippen LogP contribution in [0.4, 0.5) is 4.39 Å². The topological polar surface area (TPSA) is 47.0 Å². The zero-order valence-corrected chi connectivity index (χ0v) is 18.7. The van der Waals surface area contributed by atoms with Crippen LogP contribution in [-0.4, -0.2) is 19.7 Å². The Morgan fingerprint density at radius 1 is 0.897 bits per heavy atom. The maximum Gasteiger partial charge on any atom is 0.175 e. The highest BCUT2D eigenvalue weighted by molar-refractivity contribution is 7.90. The first-order valence-electron chi connectivity index (χ1n) is 9.03. The van der Waals surface area contributed by atoms with Crippen molar-refractivity contribution >= 4 is 32.5 Å². The number of halogens is 1. The maximum atomic E-state index is 13.3. The lowest BCUT2D eigenvalue weighted by Gasteiger charge is -2.04. The minimum absolute atomic E-state index is 0.276. The molecule has 29 heavy (non-hydrogen) atoms. The second-order valence-corrected chi connectivity index (χ2v) is 9.94. The van der Waals surface area contributed by atoms with E-state index in [-0.39, 0.29) is 10.7 Å². The van der Waals surface area contributed by atoms with E-state index >= 15 is 0 Å². The fraction of sp³-hybridized carbons (Fsp3) is 0.136. The summed E-state index contributed by atoms with van der Waals surface area (Å²) in [6, 6.07) is 17.0. The van der Waals surface area contributed by atoms with Gasteiger partial charge in [-0.3, -0.25) is 0 Å². The lowest BCUT2D eigenvalue weighted by atomic mass is 10.1. The van der Waals surface area contributed by atoms with Crippen molar-refractivity contribution in [1.82, 2.24) is 4.98 Å². The van der Waals surface area contributed by atoms with Crippen molar-refractivity contribution in [2.45, 2.75) is 18.7 Å². The van der Waals surface area contributed by atoms with Gasteiger partial charge in [0.2, 0.25) is 0 Å². The van der Waals surface area contributed by atoms with Gasteiger partial charge in [-0.25, -0.2) is 17.8 Å². The summed E-state index contributed by atoms with van der Waals surface area (Å²) in [7, 11) is -3.25. The summed E-state index contributed by atoms with van der Waals surface area (Å²) < 4.78 is 36.8. The molecule has 3 nitrogen and oxygen atoms in total. The average Bonchev–Trinajstić information content (AvgIpc) is 3.40. The Hall–Kier alpha value is -2.35. The average molecular weight is 446 g/mol. The number of sulfone groups is 1. The van der Waals surface area contributed by atoms with Gasteiger partial charge in [-0.05, 0) is 53.4 Å². The quantitative estimate of drug-likeness (QED) is 0.348. The van der Waals surface area contributed by atoms with E-state index in [9.17, 15) is 12.8 Å². The summed E-state index contributed by atoms with van der Waals surface area (Å²) in [5, 5.41) is 2.88.